The number of aryl methyl sites for hydroxylation is 1. The molecule has 0 radical (unpaired) electrons. The van der Waals surface area contributed by atoms with Crippen molar-refractivity contribution >= 4 is 23.0 Å². The third-order valence-corrected chi connectivity index (χ3v) is 5.30. The van der Waals surface area contributed by atoms with E-state index in [1.54, 1.807) is 19.0 Å². The Morgan fingerprint density at radius 1 is 1.13 bits per heavy atom. The van der Waals surface area contributed by atoms with E-state index in [0.29, 0.717) is 18.7 Å². The SMILES string of the molecule is CCn1c(CN2CCN(C(=O)NC(C)(C)C)CC2)nc2cc(C(=O)N(C)C)ccc21. The van der Waals surface area contributed by atoms with Gasteiger partial charge >= 0.3 is 6.03 Å². The molecule has 1 aromatic heterocycles. The third kappa shape index (κ3) is 4.92. The van der Waals surface area contributed by atoms with Crippen LogP contribution >= 0.6 is 0 Å². The summed E-state index contributed by atoms with van der Waals surface area (Å²) in [7, 11) is 3.51. The highest BCUT2D eigenvalue weighted by molar-refractivity contribution is 5.97. The van der Waals surface area contributed by atoms with Gasteiger partial charge in [0, 0.05) is 57.9 Å². The minimum atomic E-state index is -0.229. The largest absolute Gasteiger partial charge is 0.345 e. The second kappa shape index (κ2) is 8.63. The molecule has 1 aromatic carbocycles. The van der Waals surface area contributed by atoms with E-state index in [-0.39, 0.29) is 17.5 Å². The summed E-state index contributed by atoms with van der Waals surface area (Å²) in [5.74, 6) is 0.976. The first kappa shape index (κ1) is 22.1. The van der Waals surface area contributed by atoms with Gasteiger partial charge in [0.15, 0.2) is 0 Å². The van der Waals surface area contributed by atoms with Crippen molar-refractivity contribution < 1.29 is 9.59 Å². The molecular weight excluding hydrogens is 380 g/mol. The lowest BCUT2D eigenvalue weighted by atomic mass is 10.1. The number of nitrogens with zero attached hydrogens (tertiary/aromatic N) is 5. The Kier molecular flexibility index (Phi) is 6.36. The lowest BCUT2D eigenvalue weighted by molar-refractivity contribution is 0.0827. The number of fused-ring (bicyclic) bond motifs is 1. The van der Waals surface area contributed by atoms with Crippen LogP contribution in [0.3, 0.4) is 0 Å². The fraction of sp³-hybridized carbons (Fsp3) is 0.591. The molecule has 0 saturated carbocycles. The molecule has 0 bridgehead atoms. The molecule has 3 rings (SSSR count). The number of piperazine rings is 1. The lowest BCUT2D eigenvalue weighted by Gasteiger charge is -2.36. The Morgan fingerprint density at radius 3 is 2.37 bits per heavy atom. The molecule has 0 aliphatic carbocycles. The van der Waals surface area contributed by atoms with Crippen LogP contribution in [0.2, 0.25) is 0 Å². The summed E-state index contributed by atoms with van der Waals surface area (Å²) >= 11 is 0. The molecule has 0 spiro atoms. The van der Waals surface area contributed by atoms with E-state index < -0.39 is 0 Å². The van der Waals surface area contributed by atoms with Crippen LogP contribution in [0.4, 0.5) is 4.79 Å². The van der Waals surface area contributed by atoms with Gasteiger partial charge in [-0.25, -0.2) is 9.78 Å². The number of imidazole rings is 1. The van der Waals surface area contributed by atoms with E-state index in [1.165, 1.54) is 0 Å². The molecule has 164 valence electrons. The minimum Gasteiger partial charge on any atom is -0.345 e. The fourth-order valence-corrected chi connectivity index (χ4v) is 3.75. The summed E-state index contributed by atoms with van der Waals surface area (Å²) in [4.78, 5) is 35.3. The molecule has 1 aliphatic rings. The average Bonchev–Trinajstić information content (AvgIpc) is 3.02. The number of urea groups is 1. The summed E-state index contributed by atoms with van der Waals surface area (Å²) in [6.07, 6.45) is 0. The topological polar surface area (TPSA) is 73.7 Å². The quantitative estimate of drug-likeness (QED) is 0.834. The van der Waals surface area contributed by atoms with Crippen LogP contribution in [-0.4, -0.2) is 82.0 Å². The van der Waals surface area contributed by atoms with Gasteiger partial charge < -0.3 is 19.7 Å². The molecule has 2 heterocycles. The minimum absolute atomic E-state index is 0.000959. The number of nitrogens with one attached hydrogen (secondary N) is 1. The second-order valence-corrected chi connectivity index (χ2v) is 9.12. The van der Waals surface area contributed by atoms with Crippen molar-refractivity contribution in [1.29, 1.82) is 0 Å². The molecule has 2 aromatic rings. The molecular formula is C22H34N6O2. The maximum absolute atomic E-state index is 12.4. The predicted molar refractivity (Wildman–Crippen MR) is 119 cm³/mol. The Balaban J connectivity index is 1.70. The summed E-state index contributed by atoms with van der Waals surface area (Å²) in [5, 5.41) is 3.03. The van der Waals surface area contributed by atoms with Crippen molar-refractivity contribution in [2.45, 2.75) is 46.3 Å². The number of hydrogen-bond donors (Lipinski definition) is 1. The smallest absolute Gasteiger partial charge is 0.317 e. The fourth-order valence-electron chi connectivity index (χ4n) is 3.75. The standard InChI is InChI=1S/C22H34N6O2/c1-7-28-18-9-8-16(20(29)25(5)6)14-17(18)23-19(28)15-26-10-12-27(13-11-26)21(30)24-22(2,3)4/h8-9,14H,7,10-13,15H2,1-6H3,(H,24,30). The van der Waals surface area contributed by atoms with E-state index in [9.17, 15) is 9.59 Å². The highest BCUT2D eigenvalue weighted by Gasteiger charge is 2.25. The van der Waals surface area contributed by atoms with Crippen LogP contribution in [0.5, 0.6) is 0 Å². The van der Waals surface area contributed by atoms with Crippen molar-refractivity contribution in [2.24, 2.45) is 0 Å². The first-order valence-electron chi connectivity index (χ1n) is 10.6. The van der Waals surface area contributed by atoms with Gasteiger partial charge in [-0.05, 0) is 45.9 Å². The zero-order valence-electron chi connectivity index (χ0n) is 19.0. The number of aromatic nitrogens is 2. The maximum atomic E-state index is 12.4. The molecule has 0 atom stereocenters. The van der Waals surface area contributed by atoms with E-state index in [4.69, 9.17) is 4.98 Å². The van der Waals surface area contributed by atoms with Gasteiger partial charge in [-0.3, -0.25) is 9.69 Å². The van der Waals surface area contributed by atoms with Crippen LogP contribution < -0.4 is 5.32 Å². The van der Waals surface area contributed by atoms with Gasteiger partial charge in [-0.2, -0.15) is 0 Å². The molecule has 1 N–H and O–H groups in total. The Labute approximate surface area is 178 Å². The number of benzene rings is 1. The summed E-state index contributed by atoms with van der Waals surface area (Å²) in [6, 6.07) is 5.73. The Morgan fingerprint density at radius 2 is 1.80 bits per heavy atom. The van der Waals surface area contributed by atoms with Crippen molar-refractivity contribution in [3.8, 4) is 0 Å². The summed E-state index contributed by atoms with van der Waals surface area (Å²) in [6.45, 7) is 12.7. The zero-order valence-corrected chi connectivity index (χ0v) is 19.0. The zero-order chi connectivity index (χ0) is 22.1. The van der Waals surface area contributed by atoms with Crippen molar-refractivity contribution in [3.63, 3.8) is 0 Å². The van der Waals surface area contributed by atoms with Gasteiger partial charge in [0.2, 0.25) is 0 Å². The first-order chi connectivity index (χ1) is 14.1. The van der Waals surface area contributed by atoms with Crippen LogP contribution in [0.15, 0.2) is 18.2 Å². The lowest BCUT2D eigenvalue weighted by Crippen LogP contribution is -2.54. The Hall–Kier alpha value is -2.61. The predicted octanol–water partition coefficient (Wildman–Crippen LogP) is 2.38. The highest BCUT2D eigenvalue weighted by Crippen LogP contribution is 2.20. The molecule has 1 fully saturated rings. The van der Waals surface area contributed by atoms with Gasteiger partial charge in [0.05, 0.1) is 17.6 Å². The van der Waals surface area contributed by atoms with E-state index in [1.807, 2.05) is 43.9 Å². The monoisotopic (exact) mass is 414 g/mol. The number of carbonyl (C=O) groups is 2. The van der Waals surface area contributed by atoms with Gasteiger partial charge in [0.1, 0.15) is 5.82 Å². The van der Waals surface area contributed by atoms with E-state index in [0.717, 1.165) is 43.0 Å². The van der Waals surface area contributed by atoms with Crippen LogP contribution in [-0.2, 0) is 13.1 Å². The third-order valence-electron chi connectivity index (χ3n) is 5.30. The molecule has 30 heavy (non-hydrogen) atoms. The molecule has 1 aliphatic heterocycles. The second-order valence-electron chi connectivity index (χ2n) is 9.12. The maximum Gasteiger partial charge on any atom is 0.317 e. The number of rotatable bonds is 4. The van der Waals surface area contributed by atoms with Crippen molar-refractivity contribution in [3.05, 3.63) is 29.6 Å². The Bertz CT molecular complexity index is 920. The van der Waals surface area contributed by atoms with Gasteiger partial charge in [0.25, 0.3) is 5.91 Å². The van der Waals surface area contributed by atoms with Crippen LogP contribution in [0.1, 0.15) is 43.9 Å². The number of hydrogen-bond acceptors (Lipinski definition) is 4. The molecule has 8 heteroatoms. The molecule has 8 nitrogen and oxygen atoms in total. The molecule has 0 unspecified atom stereocenters. The summed E-state index contributed by atoms with van der Waals surface area (Å²) in [5.41, 5.74) is 2.32. The van der Waals surface area contributed by atoms with Crippen LogP contribution in [0.25, 0.3) is 11.0 Å². The molecule has 1 saturated heterocycles. The van der Waals surface area contributed by atoms with E-state index >= 15 is 0 Å². The summed E-state index contributed by atoms with van der Waals surface area (Å²) < 4.78 is 2.21. The normalized spacial score (nSPS) is 15.5. The number of carbonyl (C=O) groups excluding carboxylic acids is 2. The first-order valence-corrected chi connectivity index (χ1v) is 10.6. The van der Waals surface area contributed by atoms with Gasteiger partial charge in [-0.1, -0.05) is 0 Å². The van der Waals surface area contributed by atoms with Gasteiger partial charge in [-0.15, -0.1) is 0 Å². The number of amides is 3. The van der Waals surface area contributed by atoms with Crippen LogP contribution in [0, 0.1) is 0 Å². The molecule has 3 amide bonds. The van der Waals surface area contributed by atoms with E-state index in [2.05, 4.69) is 21.7 Å². The van der Waals surface area contributed by atoms with Crippen molar-refractivity contribution in [2.75, 3.05) is 40.3 Å². The highest BCUT2D eigenvalue weighted by atomic mass is 16.2. The van der Waals surface area contributed by atoms with Crippen molar-refractivity contribution in [1.82, 2.24) is 29.6 Å². The average molecular weight is 415 g/mol.